The van der Waals surface area contributed by atoms with Crippen molar-refractivity contribution in [2.45, 2.75) is 13.5 Å². The van der Waals surface area contributed by atoms with E-state index in [0.717, 1.165) is 22.3 Å². The summed E-state index contributed by atoms with van der Waals surface area (Å²) in [5.41, 5.74) is 5.83. The second kappa shape index (κ2) is 8.61. The average molecular weight is 437 g/mol. The highest BCUT2D eigenvalue weighted by atomic mass is 35.5. The number of carbonyl (C=O) groups is 1. The first-order chi connectivity index (χ1) is 14.5. The average Bonchev–Trinajstić information content (AvgIpc) is 3.16. The third-order valence-electron chi connectivity index (χ3n) is 4.49. The van der Waals surface area contributed by atoms with E-state index in [1.54, 1.807) is 18.2 Å². The van der Waals surface area contributed by atoms with Crippen molar-refractivity contribution in [2.75, 3.05) is 0 Å². The molecule has 0 aliphatic heterocycles. The number of aryl methyl sites for hydroxylation is 1. The van der Waals surface area contributed by atoms with E-state index >= 15 is 0 Å². The Morgan fingerprint density at radius 3 is 2.83 bits per heavy atom. The fourth-order valence-corrected chi connectivity index (χ4v) is 4.09. The lowest BCUT2D eigenvalue weighted by Gasteiger charge is -2.05. The van der Waals surface area contributed by atoms with Gasteiger partial charge in [-0.1, -0.05) is 53.6 Å². The summed E-state index contributed by atoms with van der Waals surface area (Å²) in [5.74, 6) is -0.427. The number of halogens is 1. The Kier molecular flexibility index (Phi) is 5.74. The molecule has 2 heterocycles. The van der Waals surface area contributed by atoms with Crippen LogP contribution in [0.4, 0.5) is 0 Å². The van der Waals surface area contributed by atoms with Gasteiger partial charge >= 0.3 is 0 Å². The molecule has 30 heavy (non-hydrogen) atoms. The second-order valence-electron chi connectivity index (χ2n) is 6.72. The van der Waals surface area contributed by atoms with Crippen LogP contribution < -0.4 is 11.0 Å². The monoisotopic (exact) mass is 436 g/mol. The number of benzene rings is 2. The van der Waals surface area contributed by atoms with Crippen LogP contribution in [0.25, 0.3) is 21.3 Å². The summed E-state index contributed by atoms with van der Waals surface area (Å²) in [6.45, 7) is 1.83. The van der Waals surface area contributed by atoms with Gasteiger partial charge in [-0.25, -0.2) is 10.4 Å². The first kappa shape index (κ1) is 20.0. The molecule has 0 spiro atoms. The summed E-state index contributed by atoms with van der Waals surface area (Å²) in [7, 11) is 0. The lowest BCUT2D eigenvalue weighted by Crippen LogP contribution is -2.30. The molecule has 2 aromatic heterocycles. The molecular weight excluding hydrogens is 420 g/mol. The molecular formula is C22H17ClN4O2S. The molecule has 1 N–H and O–H groups in total. The fraction of sp³-hybridized carbons (Fsp3) is 0.0909. The third kappa shape index (κ3) is 4.32. The lowest BCUT2D eigenvalue weighted by molar-refractivity contribution is -0.121. The molecule has 0 saturated carbocycles. The zero-order valence-corrected chi connectivity index (χ0v) is 17.6. The van der Waals surface area contributed by atoms with Gasteiger partial charge in [0.1, 0.15) is 11.4 Å². The van der Waals surface area contributed by atoms with E-state index in [2.05, 4.69) is 15.5 Å². The molecule has 4 rings (SSSR count). The van der Waals surface area contributed by atoms with Crippen LogP contribution in [-0.2, 0) is 11.3 Å². The zero-order valence-electron chi connectivity index (χ0n) is 16.0. The maximum atomic E-state index is 13.0. The maximum absolute atomic E-state index is 13.0. The highest BCUT2D eigenvalue weighted by Crippen LogP contribution is 2.30. The molecule has 0 bridgehead atoms. The van der Waals surface area contributed by atoms with Gasteiger partial charge in [0.05, 0.1) is 17.9 Å². The van der Waals surface area contributed by atoms with Crippen molar-refractivity contribution >= 4 is 45.3 Å². The van der Waals surface area contributed by atoms with Crippen LogP contribution in [0.5, 0.6) is 0 Å². The number of carbonyl (C=O) groups excluding carboxylic acids is 1. The van der Waals surface area contributed by atoms with Gasteiger partial charge < -0.3 is 0 Å². The van der Waals surface area contributed by atoms with E-state index in [-0.39, 0.29) is 12.1 Å². The molecule has 0 unspecified atom stereocenters. The van der Waals surface area contributed by atoms with Gasteiger partial charge in [0.15, 0.2) is 0 Å². The minimum Gasteiger partial charge on any atom is -0.289 e. The second-order valence-corrected chi connectivity index (χ2v) is 8.02. The molecule has 0 aliphatic carbocycles. The first-order valence-electron chi connectivity index (χ1n) is 9.12. The third-order valence-corrected chi connectivity index (χ3v) is 5.61. The molecule has 1 amide bonds. The normalized spacial score (nSPS) is 11.3. The Balaban J connectivity index is 1.55. The van der Waals surface area contributed by atoms with Crippen molar-refractivity contribution in [3.63, 3.8) is 0 Å². The number of aromatic nitrogens is 2. The number of nitrogens with zero attached hydrogens (tertiary/aromatic N) is 3. The Hall–Kier alpha value is -3.29. The van der Waals surface area contributed by atoms with E-state index in [9.17, 15) is 9.59 Å². The Bertz CT molecular complexity index is 1310. The molecule has 8 heteroatoms. The standard InChI is InChI=1S/C22H17ClN4O2S/c1-14-5-7-16(8-6-14)18-12-30-21-20(18)22(29)27(13-24-21)11-19(28)26-25-10-15-3-2-4-17(23)9-15/h2-10,12-13H,11H2,1H3,(H,26,28)/b25-10-. The van der Waals surface area contributed by atoms with Gasteiger partial charge in [-0.05, 0) is 30.2 Å². The number of hydrazone groups is 1. The molecule has 4 aromatic rings. The van der Waals surface area contributed by atoms with Crippen LogP contribution in [0.15, 0.2) is 70.1 Å². The predicted molar refractivity (Wildman–Crippen MR) is 121 cm³/mol. The summed E-state index contributed by atoms with van der Waals surface area (Å²) >= 11 is 7.33. The molecule has 2 aromatic carbocycles. The number of thiophene rings is 1. The number of rotatable bonds is 5. The molecule has 0 saturated heterocycles. The summed E-state index contributed by atoms with van der Waals surface area (Å²) in [4.78, 5) is 30.3. The van der Waals surface area contributed by atoms with Crippen molar-refractivity contribution < 1.29 is 4.79 Å². The van der Waals surface area contributed by atoms with Crippen LogP contribution in [0.3, 0.4) is 0 Å². The number of hydrogen-bond acceptors (Lipinski definition) is 5. The van der Waals surface area contributed by atoms with E-state index < -0.39 is 5.91 Å². The summed E-state index contributed by atoms with van der Waals surface area (Å²) < 4.78 is 1.29. The van der Waals surface area contributed by atoms with E-state index in [1.807, 2.05) is 42.6 Å². The first-order valence-corrected chi connectivity index (χ1v) is 10.4. The zero-order chi connectivity index (χ0) is 21.1. The van der Waals surface area contributed by atoms with Crippen molar-refractivity contribution in [1.29, 1.82) is 0 Å². The van der Waals surface area contributed by atoms with Gasteiger partial charge in [-0.2, -0.15) is 5.10 Å². The van der Waals surface area contributed by atoms with E-state index in [1.165, 1.54) is 28.4 Å². The predicted octanol–water partition coefficient (Wildman–Crippen LogP) is 4.24. The van der Waals surface area contributed by atoms with Crippen molar-refractivity contribution in [2.24, 2.45) is 5.10 Å². The smallest absolute Gasteiger partial charge is 0.263 e. The maximum Gasteiger partial charge on any atom is 0.263 e. The number of fused-ring (bicyclic) bond motifs is 1. The molecule has 0 atom stereocenters. The Morgan fingerprint density at radius 1 is 1.27 bits per heavy atom. The van der Waals surface area contributed by atoms with Gasteiger partial charge in [0.2, 0.25) is 0 Å². The minimum absolute atomic E-state index is 0.183. The summed E-state index contributed by atoms with van der Waals surface area (Å²) in [6.07, 6.45) is 2.88. The van der Waals surface area contributed by atoms with E-state index in [0.29, 0.717) is 15.2 Å². The lowest BCUT2D eigenvalue weighted by atomic mass is 10.1. The Labute approximate surface area is 181 Å². The van der Waals surface area contributed by atoms with Crippen LogP contribution in [0.2, 0.25) is 5.02 Å². The molecule has 6 nitrogen and oxygen atoms in total. The highest BCUT2D eigenvalue weighted by Gasteiger charge is 2.14. The number of amides is 1. The quantitative estimate of drug-likeness (QED) is 0.375. The van der Waals surface area contributed by atoms with E-state index in [4.69, 9.17) is 11.6 Å². The molecule has 0 fully saturated rings. The summed E-state index contributed by atoms with van der Waals surface area (Å²) in [6, 6.07) is 15.0. The highest BCUT2D eigenvalue weighted by molar-refractivity contribution is 7.17. The minimum atomic E-state index is -0.427. The SMILES string of the molecule is Cc1ccc(-c2csc3ncn(CC(=O)N/N=C\c4cccc(Cl)c4)c(=O)c23)cc1. The van der Waals surface area contributed by atoms with Crippen LogP contribution in [0, 0.1) is 6.92 Å². The molecule has 150 valence electrons. The molecule has 0 aliphatic rings. The Morgan fingerprint density at radius 2 is 2.07 bits per heavy atom. The number of hydrogen-bond donors (Lipinski definition) is 1. The van der Waals surface area contributed by atoms with Crippen LogP contribution in [0.1, 0.15) is 11.1 Å². The van der Waals surface area contributed by atoms with Gasteiger partial charge in [-0.3, -0.25) is 14.2 Å². The van der Waals surface area contributed by atoms with Crippen LogP contribution in [-0.4, -0.2) is 21.7 Å². The van der Waals surface area contributed by atoms with Crippen molar-refractivity contribution in [3.8, 4) is 11.1 Å². The van der Waals surface area contributed by atoms with Crippen molar-refractivity contribution in [3.05, 3.63) is 86.7 Å². The largest absolute Gasteiger partial charge is 0.289 e. The number of nitrogens with one attached hydrogen (secondary N) is 1. The topological polar surface area (TPSA) is 76.3 Å². The van der Waals surface area contributed by atoms with Gasteiger partial charge in [0, 0.05) is 16.0 Å². The van der Waals surface area contributed by atoms with Gasteiger partial charge in [0.25, 0.3) is 11.5 Å². The van der Waals surface area contributed by atoms with Crippen LogP contribution >= 0.6 is 22.9 Å². The van der Waals surface area contributed by atoms with Crippen molar-refractivity contribution in [1.82, 2.24) is 15.0 Å². The summed E-state index contributed by atoms with van der Waals surface area (Å²) in [5, 5.41) is 6.93. The van der Waals surface area contributed by atoms with Gasteiger partial charge in [-0.15, -0.1) is 11.3 Å². The fourth-order valence-electron chi connectivity index (χ4n) is 2.98. The molecule has 0 radical (unpaired) electrons.